The van der Waals surface area contributed by atoms with Crippen molar-refractivity contribution in [2.45, 2.75) is 6.04 Å². The summed E-state index contributed by atoms with van der Waals surface area (Å²) in [6.45, 7) is 5.23. The van der Waals surface area contributed by atoms with E-state index in [2.05, 4.69) is 24.5 Å². The van der Waals surface area contributed by atoms with Crippen molar-refractivity contribution in [1.82, 2.24) is 5.32 Å². The number of rotatable bonds is 5. The third-order valence-corrected chi connectivity index (χ3v) is 5.86. The van der Waals surface area contributed by atoms with E-state index in [0.717, 1.165) is 43.2 Å². The Morgan fingerprint density at radius 3 is 2.54 bits per heavy atom. The van der Waals surface area contributed by atoms with Crippen molar-refractivity contribution in [3.8, 4) is 11.5 Å². The highest BCUT2D eigenvalue weighted by molar-refractivity contribution is 6.30. The molecule has 3 N–H and O–H groups in total. The molecule has 2 aliphatic rings. The fraction of sp³-hybridized carbons (Fsp3) is 0.381. The summed E-state index contributed by atoms with van der Waals surface area (Å²) in [5, 5.41) is 3.74. The lowest BCUT2D eigenvalue weighted by Crippen LogP contribution is -3.27. The van der Waals surface area contributed by atoms with Crippen LogP contribution < -0.4 is 24.6 Å². The molecule has 0 bridgehead atoms. The molecule has 148 valence electrons. The van der Waals surface area contributed by atoms with E-state index in [9.17, 15) is 4.79 Å². The highest BCUT2D eigenvalue weighted by atomic mass is 35.5. The van der Waals surface area contributed by atoms with Crippen LogP contribution in [0, 0.1) is 0 Å². The van der Waals surface area contributed by atoms with Gasteiger partial charge in [-0.05, 0) is 42.5 Å². The molecule has 4 rings (SSSR count). The van der Waals surface area contributed by atoms with Crippen molar-refractivity contribution in [2.75, 3.05) is 46.6 Å². The maximum Gasteiger partial charge on any atom is 0.251 e. The van der Waals surface area contributed by atoms with Gasteiger partial charge in [0.2, 0.25) is 6.79 Å². The van der Waals surface area contributed by atoms with E-state index in [1.54, 1.807) is 29.2 Å². The van der Waals surface area contributed by atoms with Crippen molar-refractivity contribution < 1.29 is 24.1 Å². The third-order valence-electron chi connectivity index (χ3n) is 5.61. The van der Waals surface area contributed by atoms with Crippen molar-refractivity contribution in [3.63, 3.8) is 0 Å². The van der Waals surface area contributed by atoms with Gasteiger partial charge in [0.15, 0.2) is 11.5 Å². The van der Waals surface area contributed by atoms with Gasteiger partial charge in [0.25, 0.3) is 5.91 Å². The summed E-state index contributed by atoms with van der Waals surface area (Å²) < 4.78 is 11.0. The monoisotopic (exact) mass is 403 g/mol. The number of fused-ring (bicyclic) bond motifs is 1. The Balaban J connectivity index is 1.51. The summed E-state index contributed by atoms with van der Waals surface area (Å²) in [5.74, 6) is 1.48. The van der Waals surface area contributed by atoms with Crippen molar-refractivity contribution in [3.05, 3.63) is 58.6 Å². The van der Waals surface area contributed by atoms with Crippen molar-refractivity contribution >= 4 is 17.5 Å². The number of halogens is 1. The van der Waals surface area contributed by atoms with E-state index in [1.165, 1.54) is 4.90 Å². The van der Waals surface area contributed by atoms with Crippen molar-refractivity contribution in [2.24, 2.45) is 0 Å². The highest BCUT2D eigenvalue weighted by Gasteiger charge is 2.31. The first-order valence-corrected chi connectivity index (χ1v) is 10.1. The van der Waals surface area contributed by atoms with E-state index in [1.807, 2.05) is 6.07 Å². The van der Waals surface area contributed by atoms with Gasteiger partial charge in [-0.25, -0.2) is 0 Å². The molecule has 2 heterocycles. The molecule has 0 aromatic heterocycles. The molecule has 0 spiro atoms. The standard InChI is InChI=1S/C21H24ClN3O3/c1-24-8-10-25(11-9-24)18(16-4-7-19-20(12-16)28-14-27-19)13-23-21(26)15-2-5-17(22)6-3-15/h2-7,12,18H,8-11,13-14H2,1H3,(H,23,26)/p+2/t18-/m0/s1. The molecule has 1 atom stereocenters. The first kappa shape index (κ1) is 19.1. The molecule has 2 aromatic rings. The molecule has 2 aromatic carbocycles. The summed E-state index contributed by atoms with van der Waals surface area (Å²) in [6, 6.07) is 13.2. The van der Waals surface area contributed by atoms with Crippen molar-refractivity contribution in [1.29, 1.82) is 0 Å². The van der Waals surface area contributed by atoms with Crippen LogP contribution in [0.3, 0.4) is 0 Å². The Labute approximate surface area is 170 Å². The molecular formula is C21H26ClN3O3+2. The number of ether oxygens (including phenoxy) is 2. The summed E-state index contributed by atoms with van der Waals surface area (Å²) in [6.07, 6.45) is 0. The fourth-order valence-electron chi connectivity index (χ4n) is 3.87. The Hall–Kier alpha value is -2.28. The normalized spacial score (nSPS) is 21.9. The van der Waals surface area contributed by atoms with Crippen LogP contribution in [-0.2, 0) is 0 Å². The molecule has 0 aliphatic carbocycles. The van der Waals surface area contributed by atoms with Crippen LogP contribution >= 0.6 is 11.6 Å². The largest absolute Gasteiger partial charge is 0.454 e. The molecule has 7 heteroatoms. The third kappa shape index (κ3) is 4.24. The summed E-state index contributed by atoms with van der Waals surface area (Å²) in [4.78, 5) is 15.6. The zero-order chi connectivity index (χ0) is 19.5. The molecule has 6 nitrogen and oxygen atoms in total. The van der Waals surface area contributed by atoms with E-state index in [4.69, 9.17) is 21.1 Å². The molecule has 2 aliphatic heterocycles. The zero-order valence-electron chi connectivity index (χ0n) is 16.0. The molecule has 28 heavy (non-hydrogen) atoms. The fourth-order valence-corrected chi connectivity index (χ4v) is 4.00. The molecule has 0 saturated carbocycles. The molecule has 1 fully saturated rings. The Morgan fingerprint density at radius 2 is 1.79 bits per heavy atom. The lowest BCUT2D eigenvalue weighted by atomic mass is 10.0. The number of amides is 1. The minimum absolute atomic E-state index is 0.0819. The smallest absolute Gasteiger partial charge is 0.251 e. The number of nitrogens with one attached hydrogen (secondary N) is 3. The van der Waals surface area contributed by atoms with Crippen LogP contribution in [0.4, 0.5) is 0 Å². The van der Waals surface area contributed by atoms with E-state index >= 15 is 0 Å². The minimum atomic E-state index is -0.0819. The van der Waals surface area contributed by atoms with E-state index in [0.29, 0.717) is 17.1 Å². The summed E-state index contributed by atoms with van der Waals surface area (Å²) >= 11 is 5.92. The zero-order valence-corrected chi connectivity index (χ0v) is 16.7. The second-order valence-electron chi connectivity index (χ2n) is 7.50. The maximum absolute atomic E-state index is 12.6. The lowest BCUT2D eigenvalue weighted by molar-refractivity contribution is -1.02. The van der Waals surface area contributed by atoms with Crippen LogP contribution in [-0.4, -0.2) is 52.5 Å². The van der Waals surface area contributed by atoms with Gasteiger partial charge in [0, 0.05) is 16.1 Å². The van der Waals surface area contributed by atoms with Gasteiger partial charge in [-0.3, -0.25) is 4.79 Å². The van der Waals surface area contributed by atoms with Gasteiger partial charge < -0.3 is 24.6 Å². The van der Waals surface area contributed by atoms with Crippen LogP contribution in [0.25, 0.3) is 0 Å². The van der Waals surface area contributed by atoms with Crippen LogP contribution in [0.1, 0.15) is 22.0 Å². The number of quaternary nitrogens is 2. The average molecular weight is 404 g/mol. The van der Waals surface area contributed by atoms with Crippen LogP contribution in [0.2, 0.25) is 5.02 Å². The Morgan fingerprint density at radius 1 is 1.07 bits per heavy atom. The van der Waals surface area contributed by atoms with Gasteiger partial charge in [-0.15, -0.1) is 0 Å². The van der Waals surface area contributed by atoms with Gasteiger partial charge in [-0.2, -0.15) is 0 Å². The summed E-state index contributed by atoms with van der Waals surface area (Å²) in [7, 11) is 2.23. The molecular weight excluding hydrogens is 378 g/mol. The molecule has 0 unspecified atom stereocenters. The lowest BCUT2D eigenvalue weighted by Gasteiger charge is -2.33. The predicted molar refractivity (Wildman–Crippen MR) is 106 cm³/mol. The molecule has 1 amide bonds. The number of hydrogen-bond donors (Lipinski definition) is 3. The van der Waals surface area contributed by atoms with Crippen LogP contribution in [0.15, 0.2) is 42.5 Å². The highest BCUT2D eigenvalue weighted by Crippen LogP contribution is 2.33. The quantitative estimate of drug-likeness (QED) is 0.656. The number of carbonyl (C=O) groups excluding carboxylic acids is 1. The first-order valence-electron chi connectivity index (χ1n) is 9.69. The van der Waals surface area contributed by atoms with Gasteiger partial charge in [0.05, 0.1) is 13.6 Å². The second kappa shape index (κ2) is 8.39. The average Bonchev–Trinajstić information content (AvgIpc) is 3.18. The molecule has 0 radical (unpaired) electrons. The first-order chi connectivity index (χ1) is 13.6. The van der Waals surface area contributed by atoms with Gasteiger partial charge in [0.1, 0.15) is 32.2 Å². The van der Waals surface area contributed by atoms with E-state index in [-0.39, 0.29) is 18.7 Å². The Kier molecular flexibility index (Phi) is 5.71. The number of carbonyl (C=O) groups is 1. The number of piperazine rings is 1. The van der Waals surface area contributed by atoms with E-state index < -0.39 is 0 Å². The van der Waals surface area contributed by atoms with Gasteiger partial charge >= 0.3 is 0 Å². The van der Waals surface area contributed by atoms with Crippen LogP contribution in [0.5, 0.6) is 11.5 Å². The number of benzene rings is 2. The predicted octanol–water partition coefficient (Wildman–Crippen LogP) is -0.0470. The number of likely N-dealkylation sites (N-methyl/N-ethyl adjacent to an activating group) is 1. The Bertz CT molecular complexity index is 835. The number of hydrogen-bond acceptors (Lipinski definition) is 3. The molecule has 1 saturated heterocycles. The summed E-state index contributed by atoms with van der Waals surface area (Å²) in [5.41, 5.74) is 1.78. The SMILES string of the molecule is C[NH+]1CC[NH+]([C@@H](CNC(=O)c2ccc(Cl)cc2)c2ccc3c(c2)OCO3)CC1. The second-order valence-corrected chi connectivity index (χ2v) is 7.93. The van der Waals surface area contributed by atoms with Gasteiger partial charge in [-0.1, -0.05) is 11.6 Å². The maximum atomic E-state index is 12.6. The minimum Gasteiger partial charge on any atom is -0.454 e. The topological polar surface area (TPSA) is 56.4 Å².